The van der Waals surface area contributed by atoms with Gasteiger partial charge in [-0.05, 0) is 55.5 Å². The van der Waals surface area contributed by atoms with Gasteiger partial charge in [0.2, 0.25) is 0 Å². The van der Waals surface area contributed by atoms with Gasteiger partial charge in [-0.1, -0.05) is 12.1 Å². The van der Waals surface area contributed by atoms with Crippen molar-refractivity contribution in [1.29, 1.82) is 0 Å². The Bertz CT molecular complexity index is 1180. The molecule has 1 atom stereocenters. The Labute approximate surface area is 175 Å². The molecule has 1 aliphatic carbocycles. The molecule has 0 bridgehead atoms. The van der Waals surface area contributed by atoms with Crippen molar-refractivity contribution >= 4 is 0 Å². The van der Waals surface area contributed by atoms with E-state index in [1.54, 1.807) is 13.3 Å². The Morgan fingerprint density at radius 3 is 2.93 bits per heavy atom. The fraction of sp³-hybridized carbons (Fsp3) is 0.304. The van der Waals surface area contributed by atoms with E-state index in [2.05, 4.69) is 54.3 Å². The lowest BCUT2D eigenvalue weighted by molar-refractivity contribution is 0.399. The Hall–Kier alpha value is -3.48. The summed E-state index contributed by atoms with van der Waals surface area (Å²) >= 11 is 0. The Morgan fingerprint density at radius 1 is 1.17 bits per heavy atom. The largest absolute Gasteiger partial charge is 0.496 e. The topological polar surface area (TPSA) is 81.5 Å². The molecule has 152 valence electrons. The molecule has 0 saturated heterocycles. The van der Waals surface area contributed by atoms with Gasteiger partial charge in [-0.3, -0.25) is 4.98 Å². The fourth-order valence-corrected chi connectivity index (χ4v) is 4.42. The third-order valence-corrected chi connectivity index (χ3v) is 5.89. The van der Waals surface area contributed by atoms with Crippen LogP contribution in [0.25, 0.3) is 22.6 Å². The highest BCUT2D eigenvalue weighted by Gasteiger charge is 2.23. The van der Waals surface area contributed by atoms with Crippen molar-refractivity contribution in [2.75, 3.05) is 7.11 Å². The first-order valence-corrected chi connectivity index (χ1v) is 10.2. The molecule has 1 aliphatic rings. The van der Waals surface area contributed by atoms with Gasteiger partial charge in [-0.2, -0.15) is 15.4 Å². The highest BCUT2D eigenvalue weighted by atomic mass is 16.5. The van der Waals surface area contributed by atoms with Crippen molar-refractivity contribution in [3.8, 4) is 28.4 Å². The number of benzene rings is 1. The maximum absolute atomic E-state index is 5.58. The third-order valence-electron chi connectivity index (χ3n) is 5.89. The summed E-state index contributed by atoms with van der Waals surface area (Å²) < 4.78 is 7.75. The van der Waals surface area contributed by atoms with Gasteiger partial charge in [0.1, 0.15) is 17.1 Å². The number of ether oxygens (including phenoxy) is 1. The molecule has 0 spiro atoms. The monoisotopic (exact) mass is 400 g/mol. The molecule has 3 heterocycles. The van der Waals surface area contributed by atoms with E-state index in [0.717, 1.165) is 47.1 Å². The number of fused-ring (bicyclic) bond motifs is 1. The predicted molar refractivity (Wildman–Crippen MR) is 114 cm³/mol. The number of aryl methyl sites for hydroxylation is 1. The lowest BCUT2D eigenvalue weighted by atomic mass is 9.82. The molecule has 7 nitrogen and oxygen atoms in total. The van der Waals surface area contributed by atoms with E-state index in [4.69, 9.17) is 4.74 Å². The molecule has 1 unspecified atom stereocenters. The van der Waals surface area contributed by atoms with Crippen LogP contribution in [-0.2, 0) is 13.0 Å². The van der Waals surface area contributed by atoms with Crippen molar-refractivity contribution in [2.24, 2.45) is 0 Å². The quantitative estimate of drug-likeness (QED) is 0.544. The van der Waals surface area contributed by atoms with Crippen LogP contribution in [0.1, 0.15) is 35.6 Å². The average molecular weight is 400 g/mol. The molecule has 5 rings (SSSR count). The lowest BCUT2D eigenvalue weighted by Gasteiger charge is -2.27. The minimum atomic E-state index is 0.461. The molecule has 0 radical (unpaired) electrons. The molecule has 4 aromatic rings. The lowest BCUT2D eigenvalue weighted by Crippen LogP contribution is -2.15. The van der Waals surface area contributed by atoms with Gasteiger partial charge in [0, 0.05) is 30.4 Å². The number of hydrogen-bond acceptors (Lipinski definition) is 5. The van der Waals surface area contributed by atoms with Crippen LogP contribution < -0.4 is 4.74 Å². The van der Waals surface area contributed by atoms with E-state index in [1.807, 2.05) is 25.4 Å². The Balaban J connectivity index is 1.40. The van der Waals surface area contributed by atoms with E-state index >= 15 is 0 Å². The fourth-order valence-electron chi connectivity index (χ4n) is 4.42. The smallest absolute Gasteiger partial charge is 0.122 e. The minimum Gasteiger partial charge on any atom is -0.496 e. The first kappa shape index (κ1) is 18.5. The number of aromatic nitrogens is 6. The summed E-state index contributed by atoms with van der Waals surface area (Å²) in [5, 5.41) is 11.0. The highest BCUT2D eigenvalue weighted by molar-refractivity contribution is 5.67. The van der Waals surface area contributed by atoms with E-state index in [0.29, 0.717) is 5.92 Å². The molecular formula is C23H24N6O. The van der Waals surface area contributed by atoms with Gasteiger partial charge in [0.15, 0.2) is 0 Å². The van der Waals surface area contributed by atoms with Gasteiger partial charge >= 0.3 is 0 Å². The second-order valence-electron chi connectivity index (χ2n) is 7.76. The molecular weight excluding hydrogens is 376 g/mol. The van der Waals surface area contributed by atoms with Crippen LogP contribution in [0.3, 0.4) is 0 Å². The summed E-state index contributed by atoms with van der Waals surface area (Å²) in [4.78, 5) is 9.14. The third kappa shape index (κ3) is 3.36. The standard InChI is InChI=1S/C23H24N6O/c1-15-23(27-28-26-15)16-9-10-24-20(11-16)21-13-29(14-25-21)12-17-5-3-7-19-18(17)6-4-8-22(19)30-2/h4,6,8-11,13-14,17H,3,5,7,12H2,1-2H3,(H,26,27,28). The Kier molecular flexibility index (Phi) is 4.78. The van der Waals surface area contributed by atoms with Crippen LogP contribution in [0.15, 0.2) is 49.1 Å². The first-order valence-electron chi connectivity index (χ1n) is 10.2. The van der Waals surface area contributed by atoms with Crippen molar-refractivity contribution < 1.29 is 4.74 Å². The van der Waals surface area contributed by atoms with E-state index in [1.165, 1.54) is 24.0 Å². The second-order valence-corrected chi connectivity index (χ2v) is 7.76. The van der Waals surface area contributed by atoms with Crippen LogP contribution in [-0.4, -0.2) is 37.1 Å². The van der Waals surface area contributed by atoms with Crippen LogP contribution in [0.5, 0.6) is 5.75 Å². The van der Waals surface area contributed by atoms with Crippen molar-refractivity contribution in [1.82, 2.24) is 29.9 Å². The highest BCUT2D eigenvalue weighted by Crippen LogP contribution is 2.37. The van der Waals surface area contributed by atoms with Gasteiger partial charge in [0.05, 0.1) is 24.8 Å². The van der Waals surface area contributed by atoms with Gasteiger partial charge in [-0.25, -0.2) is 4.98 Å². The summed E-state index contributed by atoms with van der Waals surface area (Å²) in [5.41, 5.74) is 7.13. The van der Waals surface area contributed by atoms with E-state index in [-0.39, 0.29) is 0 Å². The van der Waals surface area contributed by atoms with Gasteiger partial charge in [-0.15, -0.1) is 0 Å². The summed E-state index contributed by atoms with van der Waals surface area (Å²) in [6.07, 6.45) is 9.22. The van der Waals surface area contributed by atoms with Crippen LogP contribution in [0, 0.1) is 6.92 Å². The molecule has 1 N–H and O–H groups in total. The van der Waals surface area contributed by atoms with Gasteiger partial charge in [0.25, 0.3) is 0 Å². The zero-order valence-electron chi connectivity index (χ0n) is 17.2. The number of nitrogens with zero attached hydrogens (tertiary/aromatic N) is 5. The van der Waals surface area contributed by atoms with E-state index in [9.17, 15) is 0 Å². The number of H-pyrrole nitrogens is 1. The van der Waals surface area contributed by atoms with Crippen LogP contribution in [0.4, 0.5) is 0 Å². The number of aromatic amines is 1. The second kappa shape index (κ2) is 7.74. The number of hydrogen-bond donors (Lipinski definition) is 1. The molecule has 0 fully saturated rings. The zero-order chi connectivity index (χ0) is 20.5. The number of methoxy groups -OCH3 is 1. The number of rotatable bonds is 5. The first-order chi connectivity index (χ1) is 14.7. The molecule has 30 heavy (non-hydrogen) atoms. The van der Waals surface area contributed by atoms with Crippen LogP contribution >= 0.6 is 0 Å². The normalized spacial score (nSPS) is 15.7. The Morgan fingerprint density at radius 2 is 2.10 bits per heavy atom. The molecule has 3 aromatic heterocycles. The molecule has 0 amide bonds. The average Bonchev–Trinajstić information content (AvgIpc) is 3.43. The number of imidazole rings is 1. The molecule has 0 saturated carbocycles. The molecule has 7 heteroatoms. The summed E-state index contributed by atoms with van der Waals surface area (Å²) in [7, 11) is 1.75. The number of nitrogens with one attached hydrogen (secondary N) is 1. The maximum atomic E-state index is 5.58. The molecule has 1 aromatic carbocycles. The van der Waals surface area contributed by atoms with Crippen molar-refractivity contribution in [3.63, 3.8) is 0 Å². The SMILES string of the molecule is COc1cccc2c1CCCC2Cn1cnc(-c2cc(-c3n[nH]nc3C)ccn2)c1. The zero-order valence-corrected chi connectivity index (χ0v) is 17.2. The summed E-state index contributed by atoms with van der Waals surface area (Å²) in [6.45, 7) is 2.83. The summed E-state index contributed by atoms with van der Waals surface area (Å²) in [5.74, 6) is 1.47. The maximum Gasteiger partial charge on any atom is 0.122 e. The van der Waals surface area contributed by atoms with Gasteiger partial charge < -0.3 is 9.30 Å². The predicted octanol–water partition coefficient (Wildman–Crippen LogP) is 4.17. The minimum absolute atomic E-state index is 0.461. The van der Waals surface area contributed by atoms with Crippen molar-refractivity contribution in [2.45, 2.75) is 38.6 Å². The molecule has 0 aliphatic heterocycles. The number of pyridine rings is 1. The van der Waals surface area contributed by atoms with Crippen molar-refractivity contribution in [3.05, 3.63) is 65.9 Å². The van der Waals surface area contributed by atoms with Crippen LogP contribution in [0.2, 0.25) is 0 Å². The van der Waals surface area contributed by atoms with E-state index < -0.39 is 0 Å². The summed E-state index contributed by atoms with van der Waals surface area (Å²) in [6, 6.07) is 10.4.